The molecule has 0 amide bonds. The van der Waals surface area contributed by atoms with Crippen LogP contribution in [0.3, 0.4) is 0 Å². The van der Waals surface area contributed by atoms with Crippen LogP contribution in [0.1, 0.15) is 71.4 Å². The lowest BCUT2D eigenvalue weighted by Gasteiger charge is -2.19. The molecule has 0 saturated carbocycles. The Balaban J connectivity index is 2.65. The van der Waals surface area contributed by atoms with Gasteiger partial charge in [0.15, 0.2) is 0 Å². The number of rotatable bonds is 9. The lowest BCUT2D eigenvalue weighted by Crippen LogP contribution is -2.10. The Morgan fingerprint density at radius 3 is 2.16 bits per heavy atom. The molecule has 0 unspecified atom stereocenters. The topological polar surface area (TPSA) is 54.4 Å². The molecule has 142 valence electrons. The molecule has 1 rings (SSSR count). The van der Waals surface area contributed by atoms with Crippen LogP contribution in [-0.2, 0) is 15.5 Å². The first-order valence-electron chi connectivity index (χ1n) is 9.21. The highest BCUT2D eigenvalue weighted by atomic mass is 32.2. The summed E-state index contributed by atoms with van der Waals surface area (Å²) in [6.07, 6.45) is 7.78. The quantitative estimate of drug-likeness (QED) is 0.449. The molecule has 0 aromatic heterocycles. The largest absolute Gasteiger partial charge is 0.286 e. The number of hydrogen-bond donors (Lipinski definition) is 1. The normalized spacial score (nSPS) is 14.4. The van der Waals surface area contributed by atoms with Crippen LogP contribution in [-0.4, -0.2) is 18.7 Å². The molecule has 0 saturated heterocycles. The van der Waals surface area contributed by atoms with Crippen molar-refractivity contribution in [2.24, 2.45) is 11.8 Å². The van der Waals surface area contributed by atoms with Crippen molar-refractivity contribution in [2.75, 3.05) is 5.75 Å². The fourth-order valence-electron chi connectivity index (χ4n) is 2.93. The van der Waals surface area contributed by atoms with Gasteiger partial charge in [0.2, 0.25) is 0 Å². The Kier molecular flexibility index (Phi) is 8.36. The fraction of sp³-hybridized carbons (Fsp3) is 0.619. The molecular weight excluding hydrogens is 332 g/mol. The summed E-state index contributed by atoms with van der Waals surface area (Å²) in [5.41, 5.74) is 2.68. The summed E-state index contributed by atoms with van der Waals surface area (Å²) in [5.74, 6) is 0.891. The minimum absolute atomic E-state index is 0.140. The highest BCUT2D eigenvalue weighted by Gasteiger charge is 2.13. The molecule has 0 aliphatic heterocycles. The number of hydrogen-bond acceptors (Lipinski definition) is 2. The predicted molar refractivity (Wildman–Crippen MR) is 107 cm³/mol. The molecule has 0 spiro atoms. The average Bonchev–Trinajstić information content (AvgIpc) is 2.47. The van der Waals surface area contributed by atoms with E-state index in [0.29, 0.717) is 18.3 Å². The third kappa shape index (κ3) is 9.81. The summed E-state index contributed by atoms with van der Waals surface area (Å²) in [7, 11) is -3.83. The molecule has 25 heavy (non-hydrogen) atoms. The van der Waals surface area contributed by atoms with Gasteiger partial charge < -0.3 is 0 Å². The molecule has 1 aromatic carbocycles. The van der Waals surface area contributed by atoms with Crippen LogP contribution in [0.4, 0.5) is 0 Å². The number of allylic oxidation sites excluding steroid dienone is 1. The Labute approximate surface area is 154 Å². The first-order chi connectivity index (χ1) is 11.5. The molecule has 1 atom stereocenters. The van der Waals surface area contributed by atoms with Gasteiger partial charge in [0.05, 0.1) is 5.75 Å². The molecule has 0 heterocycles. The van der Waals surface area contributed by atoms with Gasteiger partial charge in [-0.3, -0.25) is 4.55 Å². The third-order valence-corrected chi connectivity index (χ3v) is 5.14. The van der Waals surface area contributed by atoms with E-state index in [1.165, 1.54) is 11.1 Å². The van der Waals surface area contributed by atoms with E-state index >= 15 is 0 Å². The van der Waals surface area contributed by atoms with Crippen molar-refractivity contribution >= 4 is 16.2 Å². The molecule has 0 aliphatic rings. The van der Waals surface area contributed by atoms with Crippen molar-refractivity contribution in [3.05, 3.63) is 41.5 Å². The molecular formula is C21H34O3S. The lowest BCUT2D eigenvalue weighted by atomic mass is 9.86. The van der Waals surface area contributed by atoms with Crippen LogP contribution in [0, 0.1) is 11.8 Å². The Morgan fingerprint density at radius 1 is 1.08 bits per heavy atom. The second-order valence-electron chi connectivity index (χ2n) is 8.40. The maximum atomic E-state index is 10.8. The first-order valence-corrected chi connectivity index (χ1v) is 10.8. The zero-order chi connectivity index (χ0) is 19.1. The van der Waals surface area contributed by atoms with Crippen molar-refractivity contribution in [1.82, 2.24) is 0 Å². The SMILES string of the molecule is CC(C)C[C@H](/C=C/c1ccc(C(C)(C)C)cc1)CCCCS(=O)(=O)O. The Morgan fingerprint density at radius 2 is 1.68 bits per heavy atom. The highest BCUT2D eigenvalue weighted by Crippen LogP contribution is 2.24. The van der Waals surface area contributed by atoms with E-state index in [4.69, 9.17) is 4.55 Å². The van der Waals surface area contributed by atoms with E-state index < -0.39 is 10.1 Å². The van der Waals surface area contributed by atoms with Crippen LogP contribution >= 0.6 is 0 Å². The zero-order valence-electron chi connectivity index (χ0n) is 16.3. The van der Waals surface area contributed by atoms with Gasteiger partial charge in [-0.05, 0) is 47.6 Å². The number of unbranched alkanes of at least 4 members (excludes halogenated alkanes) is 1. The number of benzene rings is 1. The Bertz CT molecular complexity index is 635. The summed E-state index contributed by atoms with van der Waals surface area (Å²) >= 11 is 0. The van der Waals surface area contributed by atoms with Crippen molar-refractivity contribution < 1.29 is 13.0 Å². The zero-order valence-corrected chi connectivity index (χ0v) is 17.1. The van der Waals surface area contributed by atoms with E-state index in [0.717, 1.165) is 19.3 Å². The lowest BCUT2D eigenvalue weighted by molar-refractivity contribution is 0.436. The first kappa shape index (κ1) is 21.9. The maximum absolute atomic E-state index is 10.8. The van der Waals surface area contributed by atoms with Gasteiger partial charge in [0, 0.05) is 0 Å². The van der Waals surface area contributed by atoms with Gasteiger partial charge in [-0.15, -0.1) is 0 Å². The molecule has 0 radical (unpaired) electrons. The van der Waals surface area contributed by atoms with Crippen molar-refractivity contribution in [3.8, 4) is 0 Å². The van der Waals surface area contributed by atoms with Crippen LogP contribution in [0.5, 0.6) is 0 Å². The highest BCUT2D eigenvalue weighted by molar-refractivity contribution is 7.85. The van der Waals surface area contributed by atoms with E-state index in [9.17, 15) is 8.42 Å². The minimum Gasteiger partial charge on any atom is -0.286 e. The molecule has 3 nitrogen and oxygen atoms in total. The Hall–Kier alpha value is -1.13. The maximum Gasteiger partial charge on any atom is 0.264 e. The summed E-state index contributed by atoms with van der Waals surface area (Å²) < 4.78 is 30.4. The van der Waals surface area contributed by atoms with E-state index in [1.54, 1.807) is 0 Å². The fourth-order valence-corrected chi connectivity index (χ4v) is 3.50. The van der Waals surface area contributed by atoms with Gasteiger partial charge in [-0.2, -0.15) is 8.42 Å². The molecule has 0 aliphatic carbocycles. The third-order valence-electron chi connectivity index (χ3n) is 4.34. The van der Waals surface area contributed by atoms with Gasteiger partial charge in [-0.1, -0.05) is 77.5 Å². The average molecular weight is 367 g/mol. The summed E-state index contributed by atoms with van der Waals surface area (Å²) in [6.45, 7) is 11.0. The molecule has 1 aromatic rings. The van der Waals surface area contributed by atoms with E-state index in [-0.39, 0.29) is 11.2 Å². The molecule has 4 heteroatoms. The van der Waals surface area contributed by atoms with Gasteiger partial charge in [-0.25, -0.2) is 0 Å². The van der Waals surface area contributed by atoms with E-state index in [1.807, 2.05) is 0 Å². The van der Waals surface area contributed by atoms with Crippen LogP contribution in [0.25, 0.3) is 6.08 Å². The summed E-state index contributed by atoms with van der Waals surface area (Å²) in [5, 5.41) is 0. The summed E-state index contributed by atoms with van der Waals surface area (Å²) in [6, 6.07) is 8.68. The van der Waals surface area contributed by atoms with Gasteiger partial charge in [0.1, 0.15) is 0 Å². The summed E-state index contributed by atoms with van der Waals surface area (Å²) in [4.78, 5) is 0. The van der Waals surface area contributed by atoms with Crippen molar-refractivity contribution in [1.29, 1.82) is 0 Å². The second-order valence-corrected chi connectivity index (χ2v) is 9.97. The standard InChI is InChI=1S/C21H34O3S/c1-17(2)16-19(8-6-7-15-25(22,23)24)10-9-18-11-13-20(14-12-18)21(3,4)5/h9-14,17,19H,6-8,15-16H2,1-5H3,(H,22,23,24)/b10-9+/t19-/m0/s1. The predicted octanol–water partition coefficient (Wildman–Crippen LogP) is 5.72. The molecule has 1 N–H and O–H groups in total. The monoisotopic (exact) mass is 366 g/mol. The van der Waals surface area contributed by atoms with Crippen molar-refractivity contribution in [3.63, 3.8) is 0 Å². The van der Waals surface area contributed by atoms with Crippen molar-refractivity contribution in [2.45, 2.75) is 65.7 Å². The van der Waals surface area contributed by atoms with Crippen LogP contribution in [0.15, 0.2) is 30.3 Å². The van der Waals surface area contributed by atoms with Crippen LogP contribution in [0.2, 0.25) is 0 Å². The second kappa shape index (κ2) is 9.54. The smallest absolute Gasteiger partial charge is 0.264 e. The molecule has 0 fully saturated rings. The van der Waals surface area contributed by atoms with E-state index in [2.05, 4.69) is 71.0 Å². The molecule has 0 bridgehead atoms. The van der Waals surface area contributed by atoms with Gasteiger partial charge >= 0.3 is 0 Å². The minimum atomic E-state index is -3.83. The van der Waals surface area contributed by atoms with Crippen LogP contribution < -0.4 is 0 Å². The van der Waals surface area contributed by atoms with Gasteiger partial charge in [0.25, 0.3) is 10.1 Å².